The molecule has 8 nitrogen and oxygen atoms in total. The lowest BCUT2D eigenvalue weighted by atomic mass is 10.2. The summed E-state index contributed by atoms with van der Waals surface area (Å²) >= 11 is 0. The number of carbonyl (C=O) groups is 1. The Morgan fingerprint density at radius 2 is 1.85 bits per heavy atom. The summed E-state index contributed by atoms with van der Waals surface area (Å²) in [4.78, 5) is 21.5. The first-order valence-electron chi connectivity index (χ1n) is 11.9. The van der Waals surface area contributed by atoms with Gasteiger partial charge in [-0.25, -0.2) is 0 Å². The van der Waals surface area contributed by atoms with E-state index >= 15 is 0 Å². The molecule has 0 saturated carbocycles. The Balaban J connectivity index is 1.09. The smallest absolute Gasteiger partial charge is 0.251 e. The summed E-state index contributed by atoms with van der Waals surface area (Å²) in [5, 5.41) is 6.81. The van der Waals surface area contributed by atoms with E-state index in [1.165, 1.54) is 11.3 Å². The summed E-state index contributed by atoms with van der Waals surface area (Å²) in [6.45, 7) is 10.1. The van der Waals surface area contributed by atoms with Crippen molar-refractivity contribution in [3.63, 3.8) is 0 Å². The highest BCUT2D eigenvalue weighted by molar-refractivity contribution is 5.94. The molecule has 1 aliphatic rings. The average molecular weight is 464 g/mol. The molecule has 34 heavy (non-hydrogen) atoms. The van der Waals surface area contributed by atoms with E-state index in [9.17, 15) is 4.79 Å². The topological polar surface area (TPSA) is 83.7 Å². The van der Waals surface area contributed by atoms with Crippen molar-refractivity contribution in [2.75, 3.05) is 44.2 Å². The van der Waals surface area contributed by atoms with E-state index < -0.39 is 0 Å². The van der Waals surface area contributed by atoms with Gasteiger partial charge in [0.25, 0.3) is 5.91 Å². The Morgan fingerprint density at radius 3 is 2.56 bits per heavy atom. The Kier molecular flexibility index (Phi) is 8.14. The van der Waals surface area contributed by atoms with Gasteiger partial charge in [-0.05, 0) is 68.3 Å². The zero-order chi connectivity index (χ0) is 23.8. The molecule has 2 heterocycles. The lowest BCUT2D eigenvalue weighted by molar-refractivity contribution is 0.0952. The van der Waals surface area contributed by atoms with E-state index in [0.29, 0.717) is 29.6 Å². The van der Waals surface area contributed by atoms with Gasteiger partial charge in [-0.2, -0.15) is 4.98 Å². The summed E-state index contributed by atoms with van der Waals surface area (Å²) in [7, 11) is 0. The van der Waals surface area contributed by atoms with E-state index in [1.807, 2.05) is 0 Å². The molecule has 3 aromatic rings. The molecular weight excluding hydrogens is 430 g/mol. The van der Waals surface area contributed by atoms with Crippen LogP contribution in [0.15, 0.2) is 53.1 Å². The van der Waals surface area contributed by atoms with Gasteiger partial charge in [-0.3, -0.25) is 9.69 Å². The van der Waals surface area contributed by atoms with Gasteiger partial charge in [0.2, 0.25) is 11.7 Å². The highest BCUT2D eigenvalue weighted by Crippen LogP contribution is 2.18. The van der Waals surface area contributed by atoms with Crippen LogP contribution in [0.25, 0.3) is 0 Å². The van der Waals surface area contributed by atoms with Gasteiger partial charge in [0.05, 0.1) is 0 Å². The molecule has 0 bridgehead atoms. The fourth-order valence-electron chi connectivity index (χ4n) is 4.07. The van der Waals surface area contributed by atoms with Crippen molar-refractivity contribution in [1.29, 1.82) is 0 Å². The number of ether oxygens (including phenoxy) is 1. The number of aryl methyl sites for hydroxylation is 2. The third-order valence-electron chi connectivity index (χ3n) is 5.98. The van der Waals surface area contributed by atoms with Gasteiger partial charge >= 0.3 is 0 Å². The first kappa shape index (κ1) is 23.8. The predicted molar refractivity (Wildman–Crippen MR) is 131 cm³/mol. The molecule has 180 valence electrons. The summed E-state index contributed by atoms with van der Waals surface area (Å²) in [6.07, 6.45) is 2.04. The molecule has 1 fully saturated rings. The number of unbranched alkanes of at least 4 members (excludes halogenated alkanes) is 1. The number of amides is 1. The average Bonchev–Trinajstić information content (AvgIpc) is 3.28. The van der Waals surface area contributed by atoms with Crippen molar-refractivity contribution in [1.82, 2.24) is 20.4 Å². The van der Waals surface area contributed by atoms with Gasteiger partial charge in [-0.1, -0.05) is 17.3 Å². The third kappa shape index (κ3) is 6.81. The summed E-state index contributed by atoms with van der Waals surface area (Å²) in [5.41, 5.74) is 3.25. The molecule has 1 aliphatic heterocycles. The number of piperazine rings is 1. The predicted octanol–water partition coefficient (Wildman–Crippen LogP) is 3.60. The van der Waals surface area contributed by atoms with Crippen LogP contribution in [-0.2, 0) is 6.61 Å². The minimum Gasteiger partial charge on any atom is -0.485 e. The molecule has 8 heteroatoms. The molecule has 1 N–H and O–H groups in total. The first-order chi connectivity index (χ1) is 16.6. The van der Waals surface area contributed by atoms with Crippen molar-refractivity contribution in [3.05, 3.63) is 71.4 Å². The fraction of sp³-hybridized carbons (Fsp3) is 0.423. The molecule has 1 saturated heterocycles. The molecule has 2 aromatic carbocycles. The molecule has 0 radical (unpaired) electrons. The second kappa shape index (κ2) is 11.7. The molecule has 1 amide bonds. The standard InChI is InChI=1S/C26H33N5O3/c1-20-6-5-7-23(18-20)31-16-14-30(15-17-31)13-4-3-12-27-26(32)22-8-10-24(11-9-22)33-19-25-28-21(2)34-29-25/h5-11,18H,3-4,12-17,19H2,1-2H3,(H,27,32). The lowest BCUT2D eigenvalue weighted by Crippen LogP contribution is -2.46. The maximum atomic E-state index is 12.4. The number of rotatable bonds is 10. The van der Waals surface area contributed by atoms with Crippen LogP contribution < -0.4 is 15.0 Å². The van der Waals surface area contributed by atoms with Gasteiger partial charge in [0, 0.05) is 50.9 Å². The number of hydrogen-bond acceptors (Lipinski definition) is 7. The van der Waals surface area contributed by atoms with E-state index in [1.54, 1.807) is 31.2 Å². The van der Waals surface area contributed by atoms with Gasteiger partial charge in [0.1, 0.15) is 5.75 Å². The molecule has 4 rings (SSSR count). The summed E-state index contributed by atoms with van der Waals surface area (Å²) in [5.74, 6) is 1.59. The fourth-order valence-corrected chi connectivity index (χ4v) is 4.07. The third-order valence-corrected chi connectivity index (χ3v) is 5.98. The first-order valence-corrected chi connectivity index (χ1v) is 11.9. The van der Waals surface area contributed by atoms with E-state index in [0.717, 1.165) is 45.6 Å². The molecule has 0 unspecified atom stereocenters. The number of nitrogens with zero attached hydrogens (tertiary/aromatic N) is 4. The van der Waals surface area contributed by atoms with Crippen LogP contribution in [0.1, 0.15) is 40.5 Å². The van der Waals surface area contributed by atoms with Crippen LogP contribution in [0.3, 0.4) is 0 Å². The van der Waals surface area contributed by atoms with Crippen LogP contribution in [-0.4, -0.2) is 60.2 Å². The van der Waals surface area contributed by atoms with Gasteiger partial charge in [-0.15, -0.1) is 0 Å². The highest BCUT2D eigenvalue weighted by atomic mass is 16.5. The molecule has 0 spiro atoms. The Hall–Kier alpha value is -3.39. The number of anilines is 1. The number of carbonyl (C=O) groups excluding carboxylic acids is 1. The SMILES string of the molecule is Cc1cccc(N2CCN(CCCCNC(=O)c3ccc(OCc4noc(C)n4)cc3)CC2)c1. The zero-order valence-corrected chi connectivity index (χ0v) is 20.0. The number of aromatic nitrogens is 2. The van der Waals surface area contributed by atoms with Crippen molar-refractivity contribution in [2.24, 2.45) is 0 Å². The van der Waals surface area contributed by atoms with Crippen molar-refractivity contribution >= 4 is 11.6 Å². The zero-order valence-electron chi connectivity index (χ0n) is 20.0. The summed E-state index contributed by atoms with van der Waals surface area (Å²) < 4.78 is 10.5. The van der Waals surface area contributed by atoms with Crippen LogP contribution >= 0.6 is 0 Å². The van der Waals surface area contributed by atoms with Crippen LogP contribution in [0, 0.1) is 13.8 Å². The van der Waals surface area contributed by atoms with E-state index in [4.69, 9.17) is 9.26 Å². The van der Waals surface area contributed by atoms with Crippen LogP contribution in [0.5, 0.6) is 5.75 Å². The molecule has 1 aromatic heterocycles. The molecular formula is C26H33N5O3. The Morgan fingerprint density at radius 1 is 1.06 bits per heavy atom. The molecule has 0 aliphatic carbocycles. The van der Waals surface area contributed by atoms with Crippen molar-refractivity contribution in [2.45, 2.75) is 33.3 Å². The maximum absolute atomic E-state index is 12.4. The lowest BCUT2D eigenvalue weighted by Gasteiger charge is -2.36. The van der Waals surface area contributed by atoms with Crippen molar-refractivity contribution in [3.8, 4) is 5.75 Å². The van der Waals surface area contributed by atoms with Crippen LogP contribution in [0.2, 0.25) is 0 Å². The van der Waals surface area contributed by atoms with Crippen molar-refractivity contribution < 1.29 is 14.1 Å². The Labute approximate surface area is 200 Å². The molecule has 0 atom stereocenters. The number of benzene rings is 2. The van der Waals surface area contributed by atoms with E-state index in [2.05, 4.69) is 56.4 Å². The Bertz CT molecular complexity index is 1060. The highest BCUT2D eigenvalue weighted by Gasteiger charge is 2.16. The minimum atomic E-state index is -0.0629. The van der Waals surface area contributed by atoms with Gasteiger partial charge < -0.3 is 19.5 Å². The second-order valence-electron chi connectivity index (χ2n) is 8.67. The summed E-state index contributed by atoms with van der Waals surface area (Å²) in [6, 6.07) is 15.8. The second-order valence-corrected chi connectivity index (χ2v) is 8.67. The van der Waals surface area contributed by atoms with Gasteiger partial charge in [0.15, 0.2) is 6.61 Å². The quantitative estimate of drug-likeness (QED) is 0.460. The van der Waals surface area contributed by atoms with E-state index in [-0.39, 0.29) is 12.5 Å². The maximum Gasteiger partial charge on any atom is 0.251 e. The number of nitrogens with one attached hydrogen (secondary N) is 1. The van der Waals surface area contributed by atoms with Crippen LogP contribution in [0.4, 0.5) is 5.69 Å². The monoisotopic (exact) mass is 463 g/mol. The minimum absolute atomic E-state index is 0.0629. The normalized spacial score (nSPS) is 14.2. The largest absolute Gasteiger partial charge is 0.485 e. The number of hydrogen-bond donors (Lipinski definition) is 1.